The van der Waals surface area contributed by atoms with E-state index in [1.807, 2.05) is 11.0 Å². The van der Waals surface area contributed by atoms with Gasteiger partial charge in [-0.2, -0.15) is 10.2 Å². The molecule has 1 saturated heterocycles. The van der Waals surface area contributed by atoms with Gasteiger partial charge in [0.05, 0.1) is 20.8 Å². The second-order valence-corrected chi connectivity index (χ2v) is 11.3. The Morgan fingerprint density at radius 2 is 2.00 bits per heavy atom. The third kappa shape index (κ3) is 5.01. The van der Waals surface area contributed by atoms with Crippen LogP contribution in [0, 0.1) is 23.0 Å². The Morgan fingerprint density at radius 3 is 2.67 bits per heavy atom. The highest BCUT2D eigenvalue weighted by atomic mass is 35.5. The van der Waals surface area contributed by atoms with E-state index < -0.39 is 29.0 Å². The SMILES string of the molecule is CC(C)(C)OC(=O)Nc1sc2c(F)ccc(-c3c(Cl)cc4c(N5CCNCC5)nc(=O)[nH]c4c3F)c2c1C#N. The van der Waals surface area contributed by atoms with Crippen LogP contribution in [0.4, 0.5) is 24.4 Å². The second-order valence-electron chi connectivity index (χ2n) is 9.92. The molecule has 1 fully saturated rings. The van der Waals surface area contributed by atoms with Crippen LogP contribution >= 0.6 is 22.9 Å². The summed E-state index contributed by atoms with van der Waals surface area (Å²) in [5.41, 5.74) is -1.72. The van der Waals surface area contributed by atoms with E-state index in [0.29, 0.717) is 37.4 Å². The van der Waals surface area contributed by atoms with Crippen LogP contribution in [0.2, 0.25) is 5.02 Å². The lowest BCUT2D eigenvalue weighted by atomic mass is 9.97. The van der Waals surface area contributed by atoms with E-state index in [-0.39, 0.29) is 42.3 Å². The Balaban J connectivity index is 1.72. The van der Waals surface area contributed by atoms with Crippen molar-refractivity contribution in [3.8, 4) is 17.2 Å². The summed E-state index contributed by atoms with van der Waals surface area (Å²) in [6, 6.07) is 5.94. The highest BCUT2D eigenvalue weighted by Gasteiger charge is 2.27. The van der Waals surface area contributed by atoms with E-state index in [1.165, 1.54) is 12.1 Å². The monoisotopic (exact) mass is 572 g/mol. The summed E-state index contributed by atoms with van der Waals surface area (Å²) in [7, 11) is 0. The molecule has 0 spiro atoms. The quantitative estimate of drug-likeness (QED) is 0.302. The standard InChI is InChI=1S/C26H23ClF2N6O3S/c1-26(2,3)38-25(37)34-23-14(11-30)17-12(4-5-16(28)21(17)39-23)18-15(27)10-13-20(19(18)29)32-24(36)33-22(13)35-8-6-31-7-9-35/h4-5,10,31H,6-9H2,1-3H3,(H,34,37)(H,32,33,36). The Labute approximate surface area is 230 Å². The van der Waals surface area contributed by atoms with Gasteiger partial charge in [0.25, 0.3) is 0 Å². The number of ether oxygens (including phenoxy) is 1. The van der Waals surface area contributed by atoms with Crippen molar-refractivity contribution in [1.29, 1.82) is 5.26 Å². The molecule has 0 unspecified atom stereocenters. The molecule has 1 aliphatic rings. The van der Waals surface area contributed by atoms with E-state index >= 15 is 4.39 Å². The molecule has 13 heteroatoms. The molecule has 0 saturated carbocycles. The Bertz CT molecular complexity index is 1730. The third-order valence-electron chi connectivity index (χ3n) is 6.10. The number of carbonyl (C=O) groups is 1. The first kappa shape index (κ1) is 26.8. The number of amides is 1. The Hall–Kier alpha value is -3.79. The van der Waals surface area contributed by atoms with Gasteiger partial charge in [-0.05, 0) is 38.5 Å². The first-order chi connectivity index (χ1) is 18.5. The highest BCUT2D eigenvalue weighted by Crippen LogP contribution is 2.46. The number of hydrogen-bond donors (Lipinski definition) is 3. The zero-order valence-corrected chi connectivity index (χ0v) is 22.7. The van der Waals surface area contributed by atoms with Gasteiger partial charge < -0.3 is 19.9 Å². The summed E-state index contributed by atoms with van der Waals surface area (Å²) in [5, 5.41) is 16.1. The predicted octanol–water partition coefficient (Wildman–Crippen LogP) is 5.36. The van der Waals surface area contributed by atoms with E-state index in [0.717, 1.165) is 17.4 Å². The number of halogens is 3. The number of thiophene rings is 1. The first-order valence-electron chi connectivity index (χ1n) is 12.0. The number of piperazine rings is 1. The molecule has 3 N–H and O–H groups in total. The molecule has 2 aromatic heterocycles. The summed E-state index contributed by atoms with van der Waals surface area (Å²) in [6.45, 7) is 7.52. The smallest absolute Gasteiger partial charge is 0.412 e. The summed E-state index contributed by atoms with van der Waals surface area (Å²) >= 11 is 7.46. The van der Waals surface area contributed by atoms with Gasteiger partial charge in [0.2, 0.25) is 0 Å². The first-order valence-corrected chi connectivity index (χ1v) is 13.2. The number of benzene rings is 2. The number of nitriles is 1. The number of rotatable bonds is 3. The van der Waals surface area contributed by atoms with Crippen molar-refractivity contribution in [3.63, 3.8) is 0 Å². The topological polar surface area (TPSA) is 123 Å². The minimum atomic E-state index is -0.849. The number of aromatic nitrogens is 2. The molecule has 0 bridgehead atoms. The maximum Gasteiger partial charge on any atom is 0.412 e. The molecule has 5 rings (SSSR count). The number of H-pyrrole nitrogens is 1. The van der Waals surface area contributed by atoms with E-state index in [1.54, 1.807) is 20.8 Å². The minimum absolute atomic E-state index is 0.0186. The van der Waals surface area contributed by atoms with Crippen LogP contribution in [-0.2, 0) is 4.74 Å². The fourth-order valence-corrected chi connectivity index (χ4v) is 5.91. The van der Waals surface area contributed by atoms with Crippen LogP contribution in [0.15, 0.2) is 23.0 Å². The maximum atomic E-state index is 16.2. The minimum Gasteiger partial charge on any atom is -0.444 e. The fourth-order valence-electron chi connectivity index (χ4n) is 4.54. The van der Waals surface area contributed by atoms with Gasteiger partial charge in [-0.1, -0.05) is 17.7 Å². The predicted molar refractivity (Wildman–Crippen MR) is 148 cm³/mol. The molecule has 0 radical (unpaired) electrons. The van der Waals surface area contributed by atoms with Crippen LogP contribution in [0.25, 0.3) is 32.1 Å². The normalized spacial score (nSPS) is 14.0. The van der Waals surface area contributed by atoms with Crippen LogP contribution in [0.3, 0.4) is 0 Å². The van der Waals surface area contributed by atoms with Gasteiger partial charge >= 0.3 is 11.8 Å². The number of aromatic amines is 1. The van der Waals surface area contributed by atoms with Crippen molar-refractivity contribution < 1.29 is 18.3 Å². The lowest BCUT2D eigenvalue weighted by molar-refractivity contribution is 0.0636. The average Bonchev–Trinajstić information content (AvgIpc) is 3.23. The van der Waals surface area contributed by atoms with Gasteiger partial charge in [0, 0.05) is 42.5 Å². The van der Waals surface area contributed by atoms with Crippen molar-refractivity contribution in [2.45, 2.75) is 26.4 Å². The lowest BCUT2D eigenvalue weighted by Crippen LogP contribution is -2.44. The van der Waals surface area contributed by atoms with Crippen molar-refractivity contribution in [2.75, 3.05) is 36.4 Å². The maximum absolute atomic E-state index is 16.2. The van der Waals surface area contributed by atoms with Gasteiger partial charge in [-0.15, -0.1) is 11.3 Å². The van der Waals surface area contributed by atoms with Gasteiger partial charge in [0.1, 0.15) is 28.3 Å². The molecule has 4 aromatic rings. The lowest BCUT2D eigenvalue weighted by Gasteiger charge is -2.29. The van der Waals surface area contributed by atoms with Crippen LogP contribution < -0.4 is 21.2 Å². The highest BCUT2D eigenvalue weighted by molar-refractivity contribution is 7.23. The van der Waals surface area contributed by atoms with Crippen LogP contribution in [0.5, 0.6) is 0 Å². The molecule has 0 aliphatic carbocycles. The van der Waals surface area contributed by atoms with Crippen molar-refractivity contribution in [3.05, 3.63) is 50.9 Å². The van der Waals surface area contributed by atoms with E-state index in [2.05, 4.69) is 20.6 Å². The molecule has 9 nitrogen and oxygen atoms in total. The number of hydrogen-bond acceptors (Lipinski definition) is 8. The average molecular weight is 573 g/mol. The van der Waals surface area contributed by atoms with E-state index in [9.17, 15) is 19.2 Å². The van der Waals surface area contributed by atoms with Crippen molar-refractivity contribution in [2.24, 2.45) is 0 Å². The van der Waals surface area contributed by atoms with Gasteiger partial charge in [0.15, 0.2) is 5.82 Å². The fraction of sp³-hybridized carbons (Fsp3) is 0.308. The number of nitrogens with zero attached hydrogens (tertiary/aromatic N) is 3. The molecular weight excluding hydrogens is 550 g/mol. The van der Waals surface area contributed by atoms with Crippen LogP contribution in [0.1, 0.15) is 26.3 Å². The summed E-state index contributed by atoms with van der Waals surface area (Å²) in [4.78, 5) is 33.3. The number of fused-ring (bicyclic) bond motifs is 2. The Morgan fingerprint density at radius 1 is 1.28 bits per heavy atom. The molecule has 0 atom stereocenters. The molecule has 2 aromatic carbocycles. The molecule has 39 heavy (non-hydrogen) atoms. The third-order valence-corrected chi connectivity index (χ3v) is 7.51. The van der Waals surface area contributed by atoms with Gasteiger partial charge in [-0.3, -0.25) is 5.32 Å². The molecule has 1 amide bonds. The summed E-state index contributed by atoms with van der Waals surface area (Å²) in [6.07, 6.45) is -0.826. The summed E-state index contributed by atoms with van der Waals surface area (Å²) < 4.78 is 36.5. The van der Waals surface area contributed by atoms with Crippen molar-refractivity contribution >= 4 is 60.8 Å². The molecule has 1 aliphatic heterocycles. The zero-order chi connectivity index (χ0) is 28.1. The summed E-state index contributed by atoms with van der Waals surface area (Å²) in [5.74, 6) is -1.20. The molecule has 202 valence electrons. The molecule has 3 heterocycles. The van der Waals surface area contributed by atoms with Crippen molar-refractivity contribution in [1.82, 2.24) is 15.3 Å². The van der Waals surface area contributed by atoms with Crippen LogP contribution in [-0.4, -0.2) is 47.8 Å². The van der Waals surface area contributed by atoms with E-state index in [4.69, 9.17) is 16.3 Å². The number of anilines is 2. The largest absolute Gasteiger partial charge is 0.444 e. The number of nitrogens with one attached hydrogen (secondary N) is 3. The zero-order valence-electron chi connectivity index (χ0n) is 21.2. The van der Waals surface area contributed by atoms with Gasteiger partial charge in [-0.25, -0.2) is 18.4 Å². The second kappa shape index (κ2) is 10.1. The Kier molecular flexibility index (Phi) is 6.92. The molecular formula is C26H23ClF2N6O3S. The number of carbonyl (C=O) groups excluding carboxylic acids is 1.